The van der Waals surface area contributed by atoms with Crippen molar-refractivity contribution in [1.29, 1.82) is 0 Å². The summed E-state index contributed by atoms with van der Waals surface area (Å²) in [6.45, 7) is 5.26. The van der Waals surface area contributed by atoms with E-state index >= 15 is 0 Å². The van der Waals surface area contributed by atoms with Crippen LogP contribution in [0.2, 0.25) is 0 Å². The maximum absolute atomic E-state index is 11.9. The first-order valence-corrected chi connectivity index (χ1v) is 7.96. The van der Waals surface area contributed by atoms with Gasteiger partial charge in [0.25, 0.3) is 0 Å². The molecule has 3 rings (SSSR count). The number of hydrogen-bond donors (Lipinski definition) is 0. The van der Waals surface area contributed by atoms with Crippen LogP contribution in [0.15, 0.2) is 27.9 Å². The zero-order valence-electron chi connectivity index (χ0n) is 13.1. The van der Waals surface area contributed by atoms with E-state index in [4.69, 9.17) is 4.52 Å². The van der Waals surface area contributed by atoms with Gasteiger partial charge in [0.2, 0.25) is 5.82 Å². The molecule has 2 aromatic rings. The van der Waals surface area contributed by atoms with E-state index in [2.05, 4.69) is 29.0 Å². The molecule has 0 spiro atoms. The Morgan fingerprint density at radius 1 is 1.23 bits per heavy atom. The molecule has 2 unspecified atom stereocenters. The minimum Gasteiger partial charge on any atom is -0.295 e. The maximum atomic E-state index is 11.9. The minimum absolute atomic E-state index is 0.419. The molecule has 6 heteroatoms. The van der Waals surface area contributed by atoms with Gasteiger partial charge < -0.3 is 0 Å². The molecule has 1 fully saturated rings. The molecule has 6 nitrogen and oxygen atoms in total. The highest BCUT2D eigenvalue weighted by atomic mass is 16.5. The van der Waals surface area contributed by atoms with E-state index in [0.717, 1.165) is 18.3 Å². The Hall–Kier alpha value is -1.98. The molecule has 0 radical (unpaired) electrons. The third-order valence-electron chi connectivity index (χ3n) is 4.52. The summed E-state index contributed by atoms with van der Waals surface area (Å²) in [6, 6.07) is 0. The van der Waals surface area contributed by atoms with E-state index < -0.39 is 5.76 Å². The van der Waals surface area contributed by atoms with Gasteiger partial charge in [0.1, 0.15) is 5.69 Å². The van der Waals surface area contributed by atoms with Crippen molar-refractivity contribution in [2.24, 2.45) is 17.8 Å². The predicted molar refractivity (Wildman–Crippen MR) is 82.1 cm³/mol. The summed E-state index contributed by atoms with van der Waals surface area (Å²) < 4.78 is 6.40. The van der Waals surface area contributed by atoms with E-state index in [1.807, 2.05) is 0 Å². The summed E-state index contributed by atoms with van der Waals surface area (Å²) in [5.74, 6) is 2.25. The lowest BCUT2D eigenvalue weighted by molar-refractivity contribution is 0.203. The maximum Gasteiger partial charge on any atom is 0.441 e. The van der Waals surface area contributed by atoms with Crippen molar-refractivity contribution < 1.29 is 4.52 Å². The first-order chi connectivity index (χ1) is 10.6. The molecular formula is C16H22N4O2. The molecule has 0 amide bonds. The number of rotatable bonds is 4. The van der Waals surface area contributed by atoms with Crippen LogP contribution in [0.5, 0.6) is 0 Å². The van der Waals surface area contributed by atoms with Crippen molar-refractivity contribution >= 4 is 0 Å². The third-order valence-corrected chi connectivity index (χ3v) is 4.52. The first-order valence-electron chi connectivity index (χ1n) is 7.96. The second-order valence-electron chi connectivity index (χ2n) is 6.59. The predicted octanol–water partition coefficient (Wildman–Crippen LogP) is 2.76. The highest BCUT2D eigenvalue weighted by Crippen LogP contribution is 2.34. The largest absolute Gasteiger partial charge is 0.441 e. The number of aromatic nitrogens is 4. The SMILES string of the molecule is CC1CC(C)CC(CCn2c(-c3cnccn3)noc2=O)C1. The van der Waals surface area contributed by atoms with Crippen LogP contribution < -0.4 is 5.76 Å². The minimum atomic E-state index is -0.419. The summed E-state index contributed by atoms with van der Waals surface area (Å²) in [5, 5.41) is 3.85. The molecule has 0 N–H and O–H groups in total. The van der Waals surface area contributed by atoms with Gasteiger partial charge in [-0.3, -0.25) is 14.1 Å². The van der Waals surface area contributed by atoms with Gasteiger partial charge in [-0.15, -0.1) is 0 Å². The standard InChI is InChI=1S/C16H22N4O2/c1-11-7-12(2)9-13(8-11)3-6-20-15(19-22-16(20)21)14-10-17-4-5-18-14/h4-5,10-13H,3,6-9H2,1-2H3. The molecule has 2 atom stereocenters. The van der Waals surface area contributed by atoms with Crippen LogP contribution in [-0.4, -0.2) is 19.7 Å². The molecular weight excluding hydrogens is 280 g/mol. The molecule has 1 aliphatic rings. The Bertz CT molecular complexity index is 654. The van der Waals surface area contributed by atoms with E-state index in [-0.39, 0.29) is 0 Å². The Morgan fingerprint density at radius 2 is 2.00 bits per heavy atom. The second kappa shape index (κ2) is 6.42. The van der Waals surface area contributed by atoms with Gasteiger partial charge in [0.15, 0.2) is 0 Å². The van der Waals surface area contributed by atoms with Crippen molar-refractivity contribution in [3.8, 4) is 11.5 Å². The Balaban J connectivity index is 1.73. The molecule has 0 aliphatic heterocycles. The fourth-order valence-corrected chi connectivity index (χ4v) is 3.73. The Morgan fingerprint density at radius 3 is 2.68 bits per heavy atom. The molecule has 1 aliphatic carbocycles. The normalized spacial score (nSPS) is 25.3. The molecule has 2 aromatic heterocycles. The highest BCUT2D eigenvalue weighted by Gasteiger charge is 2.24. The topological polar surface area (TPSA) is 73.8 Å². The van der Waals surface area contributed by atoms with Crippen LogP contribution in [0.4, 0.5) is 0 Å². The molecule has 0 saturated heterocycles. The number of hydrogen-bond acceptors (Lipinski definition) is 5. The summed E-state index contributed by atoms with van der Waals surface area (Å²) in [7, 11) is 0. The third kappa shape index (κ3) is 3.26. The van der Waals surface area contributed by atoms with Gasteiger partial charge >= 0.3 is 5.76 Å². The zero-order valence-corrected chi connectivity index (χ0v) is 13.1. The Kier molecular flexibility index (Phi) is 4.36. The van der Waals surface area contributed by atoms with E-state index in [1.54, 1.807) is 23.2 Å². The second-order valence-corrected chi connectivity index (χ2v) is 6.59. The summed E-state index contributed by atoms with van der Waals surface area (Å²) in [5.41, 5.74) is 0.568. The average Bonchev–Trinajstić information content (AvgIpc) is 2.86. The zero-order chi connectivity index (χ0) is 15.5. The van der Waals surface area contributed by atoms with E-state index in [9.17, 15) is 4.79 Å². The highest BCUT2D eigenvalue weighted by molar-refractivity contribution is 5.46. The van der Waals surface area contributed by atoms with Crippen molar-refractivity contribution in [2.75, 3.05) is 0 Å². The van der Waals surface area contributed by atoms with Crippen molar-refractivity contribution in [3.63, 3.8) is 0 Å². The lowest BCUT2D eigenvalue weighted by Gasteiger charge is -2.31. The van der Waals surface area contributed by atoms with E-state index in [0.29, 0.717) is 24.0 Å². The van der Waals surface area contributed by atoms with Crippen LogP contribution in [-0.2, 0) is 6.54 Å². The molecule has 0 aromatic carbocycles. The Labute approximate surface area is 129 Å². The van der Waals surface area contributed by atoms with Crippen LogP contribution >= 0.6 is 0 Å². The average molecular weight is 302 g/mol. The lowest BCUT2D eigenvalue weighted by Crippen LogP contribution is -2.23. The van der Waals surface area contributed by atoms with Crippen LogP contribution in [0, 0.1) is 17.8 Å². The van der Waals surface area contributed by atoms with Gasteiger partial charge in [0.05, 0.1) is 6.20 Å². The van der Waals surface area contributed by atoms with Gasteiger partial charge in [0, 0.05) is 18.9 Å². The summed E-state index contributed by atoms with van der Waals surface area (Å²) in [6.07, 6.45) is 9.55. The molecule has 22 heavy (non-hydrogen) atoms. The van der Waals surface area contributed by atoms with Crippen molar-refractivity contribution in [2.45, 2.75) is 46.1 Å². The fraction of sp³-hybridized carbons (Fsp3) is 0.625. The molecule has 2 heterocycles. The monoisotopic (exact) mass is 302 g/mol. The van der Waals surface area contributed by atoms with Crippen molar-refractivity contribution in [3.05, 3.63) is 29.1 Å². The fourth-order valence-electron chi connectivity index (χ4n) is 3.73. The van der Waals surface area contributed by atoms with Gasteiger partial charge in [-0.25, -0.2) is 9.78 Å². The quantitative estimate of drug-likeness (QED) is 0.868. The van der Waals surface area contributed by atoms with Gasteiger partial charge in [-0.1, -0.05) is 19.0 Å². The summed E-state index contributed by atoms with van der Waals surface area (Å²) in [4.78, 5) is 20.1. The van der Waals surface area contributed by atoms with Crippen LogP contribution in [0.25, 0.3) is 11.5 Å². The van der Waals surface area contributed by atoms with E-state index in [1.165, 1.54) is 19.3 Å². The molecule has 1 saturated carbocycles. The number of nitrogens with zero attached hydrogens (tertiary/aromatic N) is 4. The van der Waals surface area contributed by atoms with Gasteiger partial charge in [-0.2, -0.15) is 0 Å². The summed E-state index contributed by atoms with van der Waals surface area (Å²) >= 11 is 0. The molecule has 0 bridgehead atoms. The lowest BCUT2D eigenvalue weighted by atomic mass is 9.75. The van der Waals surface area contributed by atoms with Gasteiger partial charge in [-0.05, 0) is 43.4 Å². The first kappa shape index (κ1) is 14.9. The van der Waals surface area contributed by atoms with Crippen molar-refractivity contribution in [1.82, 2.24) is 19.7 Å². The smallest absolute Gasteiger partial charge is 0.295 e. The van der Waals surface area contributed by atoms with Crippen LogP contribution in [0.1, 0.15) is 39.5 Å². The molecule has 118 valence electrons. The van der Waals surface area contributed by atoms with Crippen LogP contribution in [0.3, 0.4) is 0 Å².